The van der Waals surface area contributed by atoms with Gasteiger partial charge in [-0.25, -0.2) is 26.5 Å². The van der Waals surface area contributed by atoms with E-state index in [2.05, 4.69) is 51.8 Å². The molecule has 0 radical (unpaired) electrons. The number of nitrogens with zero attached hydrogens (tertiary/aromatic N) is 5. The van der Waals surface area contributed by atoms with Crippen LogP contribution < -0.4 is 9.03 Å². The van der Waals surface area contributed by atoms with Crippen molar-refractivity contribution >= 4 is 59.2 Å². The van der Waals surface area contributed by atoms with Gasteiger partial charge in [0.1, 0.15) is 0 Å². The second-order valence-corrected chi connectivity index (χ2v) is 12.9. The van der Waals surface area contributed by atoms with Crippen LogP contribution in [0.4, 0.5) is 17.3 Å². The second kappa shape index (κ2) is 8.25. The molecule has 188 valence electrons. The number of hydrogen-bond acceptors (Lipinski definition) is 8. The molecule has 1 N–H and O–H groups in total. The summed E-state index contributed by atoms with van der Waals surface area (Å²) in [5.41, 5.74) is 3.76. The van der Waals surface area contributed by atoms with Gasteiger partial charge in [0.15, 0.2) is 5.65 Å². The summed E-state index contributed by atoms with van der Waals surface area (Å²) in [5.74, 6) is 0.332. The Kier molecular flexibility index (Phi) is 5.21. The van der Waals surface area contributed by atoms with E-state index >= 15 is 0 Å². The Balaban J connectivity index is 1.32. The van der Waals surface area contributed by atoms with E-state index in [-0.39, 0.29) is 11.7 Å². The third-order valence-corrected chi connectivity index (χ3v) is 9.61. The van der Waals surface area contributed by atoms with Crippen LogP contribution in [0.5, 0.6) is 0 Å². The van der Waals surface area contributed by atoms with Crippen LogP contribution in [0.1, 0.15) is 17.2 Å². The number of anilines is 3. The minimum Gasteiger partial charge on any atom is -0.324 e. The van der Waals surface area contributed by atoms with E-state index in [1.165, 1.54) is 34.0 Å². The summed E-state index contributed by atoms with van der Waals surface area (Å²) in [5, 5.41) is 11.0. The normalized spacial score (nSPS) is 15.4. The number of sulfonamides is 2. The van der Waals surface area contributed by atoms with Crippen LogP contribution in [0, 0.1) is 0 Å². The maximum Gasteiger partial charge on any atom is 0.245 e. The zero-order valence-corrected chi connectivity index (χ0v) is 21.5. The lowest BCUT2D eigenvalue weighted by Gasteiger charge is -2.20. The van der Waals surface area contributed by atoms with Gasteiger partial charge < -0.3 is 5.32 Å². The van der Waals surface area contributed by atoms with Crippen LogP contribution in [-0.4, -0.2) is 49.1 Å². The highest BCUT2D eigenvalue weighted by Gasteiger charge is 2.28. The zero-order chi connectivity index (χ0) is 25.9. The van der Waals surface area contributed by atoms with Crippen LogP contribution in [0.3, 0.4) is 0 Å². The molecule has 6 rings (SSSR count). The first-order valence-corrected chi connectivity index (χ1v) is 15.1. The van der Waals surface area contributed by atoms with Gasteiger partial charge in [-0.2, -0.15) is 13.8 Å². The summed E-state index contributed by atoms with van der Waals surface area (Å²) < 4.78 is 50.4. The monoisotopic (exact) mass is 534 g/mol. The summed E-state index contributed by atoms with van der Waals surface area (Å²) in [6.07, 6.45) is 5.95. The number of aromatic nitrogens is 4. The predicted octanol–water partition coefficient (Wildman–Crippen LogP) is 3.59. The summed E-state index contributed by atoms with van der Waals surface area (Å²) in [6, 6.07) is 18.6. The molecule has 1 atom stereocenters. The number of rotatable bonds is 6. The molecule has 0 bridgehead atoms. The summed E-state index contributed by atoms with van der Waals surface area (Å²) in [4.78, 5) is 9.09. The fraction of sp³-hybridized carbons (Fsp3) is 0.160. The molecule has 3 aromatic carbocycles. The van der Waals surface area contributed by atoms with Gasteiger partial charge in [-0.15, -0.1) is 0 Å². The number of fused-ring (bicyclic) bond motifs is 1. The molecular formula is C25H22N6O4S2. The van der Waals surface area contributed by atoms with Gasteiger partial charge in [0.2, 0.25) is 26.0 Å². The molecule has 0 amide bonds. The number of benzene rings is 3. The van der Waals surface area contributed by atoms with Gasteiger partial charge in [-0.05, 0) is 52.6 Å². The van der Waals surface area contributed by atoms with Crippen molar-refractivity contribution in [3.05, 3.63) is 84.2 Å². The van der Waals surface area contributed by atoms with Crippen molar-refractivity contribution in [2.24, 2.45) is 0 Å². The Morgan fingerprint density at radius 3 is 2.30 bits per heavy atom. The Bertz CT molecular complexity index is 1860. The maximum absolute atomic E-state index is 12.0. The molecule has 1 aliphatic carbocycles. The largest absolute Gasteiger partial charge is 0.324 e. The van der Waals surface area contributed by atoms with E-state index in [0.29, 0.717) is 21.0 Å². The van der Waals surface area contributed by atoms with Crippen LogP contribution >= 0.6 is 0 Å². The summed E-state index contributed by atoms with van der Waals surface area (Å²) >= 11 is 0. The van der Waals surface area contributed by atoms with Crippen LogP contribution in [0.15, 0.2) is 73.1 Å². The van der Waals surface area contributed by atoms with Crippen molar-refractivity contribution in [1.82, 2.24) is 19.7 Å². The molecule has 0 spiro atoms. The number of nitrogens with one attached hydrogen (secondary N) is 1. The van der Waals surface area contributed by atoms with Crippen molar-refractivity contribution in [3.63, 3.8) is 0 Å². The highest BCUT2D eigenvalue weighted by molar-refractivity contribution is 8.09. The lowest BCUT2D eigenvalue weighted by molar-refractivity contribution is 0.550. The average molecular weight is 535 g/mol. The van der Waals surface area contributed by atoms with Crippen LogP contribution in [0.2, 0.25) is 0 Å². The van der Waals surface area contributed by atoms with Crippen molar-refractivity contribution in [2.75, 3.05) is 21.5 Å². The fourth-order valence-electron chi connectivity index (χ4n) is 4.98. The van der Waals surface area contributed by atoms with E-state index in [4.69, 9.17) is 4.98 Å². The van der Waals surface area contributed by atoms with E-state index in [9.17, 15) is 16.8 Å². The second-order valence-electron chi connectivity index (χ2n) is 9.04. The van der Waals surface area contributed by atoms with E-state index < -0.39 is 20.0 Å². The third-order valence-electron chi connectivity index (χ3n) is 6.36. The average Bonchev–Trinajstić information content (AvgIpc) is 3.41. The highest BCUT2D eigenvalue weighted by atomic mass is 32.3. The fourth-order valence-corrected chi connectivity index (χ4v) is 7.96. The molecule has 2 aromatic heterocycles. The van der Waals surface area contributed by atoms with Crippen LogP contribution in [0.25, 0.3) is 21.8 Å². The van der Waals surface area contributed by atoms with Gasteiger partial charge in [0.25, 0.3) is 0 Å². The molecule has 0 fully saturated rings. The molecular weight excluding hydrogens is 512 g/mol. The zero-order valence-electron chi connectivity index (χ0n) is 19.9. The summed E-state index contributed by atoms with van der Waals surface area (Å²) in [6.45, 7) is 0. The van der Waals surface area contributed by atoms with E-state index in [0.717, 1.165) is 24.3 Å². The van der Waals surface area contributed by atoms with Gasteiger partial charge in [-0.3, -0.25) is 0 Å². The van der Waals surface area contributed by atoms with Crippen molar-refractivity contribution in [3.8, 4) is 0 Å². The molecule has 5 aromatic rings. The first-order chi connectivity index (χ1) is 17.6. The van der Waals surface area contributed by atoms with Crippen molar-refractivity contribution in [2.45, 2.75) is 12.5 Å². The lowest BCUT2D eigenvalue weighted by atomic mass is 10.0. The van der Waals surface area contributed by atoms with Gasteiger partial charge >= 0.3 is 0 Å². The molecule has 2 heterocycles. The minimum atomic E-state index is -4.02. The topological polar surface area (TPSA) is 127 Å². The Hall–Kier alpha value is -4.03. The predicted molar refractivity (Wildman–Crippen MR) is 143 cm³/mol. The molecule has 0 saturated heterocycles. The van der Waals surface area contributed by atoms with Crippen molar-refractivity contribution in [1.29, 1.82) is 0 Å². The standard InChI is InChI=1S/C25H22N6O4S2/c1-36(32,33)31(37(2,34)35)20-11-9-19(10-12-20)28-25-26-14-18-15-27-30(24(18)29-25)22-13-17-7-3-5-16-6-4-8-21(22)23(16)17/h3-12,14-15,22H,13H2,1-2H3,(H,26,28,29)/t22-/m1/s1. The first-order valence-electron chi connectivity index (χ1n) is 11.4. The van der Waals surface area contributed by atoms with Gasteiger partial charge in [0.05, 0.1) is 35.8 Å². The first kappa shape index (κ1) is 23.4. The third kappa shape index (κ3) is 4.07. The Morgan fingerprint density at radius 1 is 0.892 bits per heavy atom. The molecule has 37 heavy (non-hydrogen) atoms. The van der Waals surface area contributed by atoms with E-state index in [1.807, 2.05) is 4.68 Å². The SMILES string of the molecule is CS(=O)(=O)N(c1ccc(Nc2ncc3cnn([C@@H]4Cc5cccc6cccc4c56)c3n2)cc1)S(C)(=O)=O. The maximum atomic E-state index is 12.0. The highest BCUT2D eigenvalue weighted by Crippen LogP contribution is 2.39. The summed E-state index contributed by atoms with van der Waals surface area (Å²) in [7, 11) is -8.04. The van der Waals surface area contributed by atoms with Crippen molar-refractivity contribution < 1.29 is 16.8 Å². The Labute approximate surface area is 213 Å². The number of hydrogen-bond donors (Lipinski definition) is 1. The quantitative estimate of drug-likeness (QED) is 0.350. The van der Waals surface area contributed by atoms with Gasteiger partial charge in [0, 0.05) is 11.9 Å². The van der Waals surface area contributed by atoms with Crippen LogP contribution in [-0.2, 0) is 26.5 Å². The smallest absolute Gasteiger partial charge is 0.245 e. The molecule has 0 aliphatic heterocycles. The molecule has 0 unspecified atom stereocenters. The van der Waals surface area contributed by atoms with Gasteiger partial charge in [-0.1, -0.05) is 36.4 Å². The Morgan fingerprint density at radius 2 is 1.59 bits per heavy atom. The molecule has 1 aliphatic rings. The molecule has 10 nitrogen and oxygen atoms in total. The molecule has 0 saturated carbocycles. The lowest BCUT2D eigenvalue weighted by Crippen LogP contribution is -2.35. The molecule has 12 heteroatoms. The van der Waals surface area contributed by atoms with E-state index in [1.54, 1.807) is 24.5 Å². The minimum absolute atomic E-state index is 0.0126.